The molecule has 0 heterocycles. The Kier molecular flexibility index (Phi) is 4.02. The van der Waals surface area contributed by atoms with Crippen molar-refractivity contribution in [3.8, 4) is 0 Å². The van der Waals surface area contributed by atoms with Gasteiger partial charge >= 0.3 is 0 Å². The summed E-state index contributed by atoms with van der Waals surface area (Å²) >= 11 is 12.5. The minimum absolute atomic E-state index is 0.366. The Morgan fingerprint density at radius 1 is 1.29 bits per heavy atom. The van der Waals surface area contributed by atoms with Crippen LogP contribution in [0.2, 0.25) is 10.0 Å². The molecule has 94 valence electrons. The molecule has 1 aromatic rings. The van der Waals surface area contributed by atoms with Crippen molar-refractivity contribution >= 4 is 23.2 Å². The second kappa shape index (κ2) is 5.17. The Balaban J connectivity index is 2.15. The molecule has 1 atom stereocenters. The number of hydrogen-bond donors (Lipinski definition) is 1. The van der Waals surface area contributed by atoms with Gasteiger partial charge in [0.05, 0.1) is 0 Å². The fourth-order valence-electron chi connectivity index (χ4n) is 2.50. The number of halogens is 2. The molecule has 0 aromatic heterocycles. The highest BCUT2D eigenvalue weighted by molar-refractivity contribution is 6.36. The largest absolute Gasteiger partial charge is 0.314 e. The highest BCUT2D eigenvalue weighted by Gasteiger charge is 2.47. The zero-order valence-electron chi connectivity index (χ0n) is 10.4. The van der Waals surface area contributed by atoms with Gasteiger partial charge in [-0.05, 0) is 55.8 Å². The van der Waals surface area contributed by atoms with Gasteiger partial charge in [-0.25, -0.2) is 0 Å². The third kappa shape index (κ3) is 2.78. The molecule has 1 fully saturated rings. The SMILES string of the molecule is CCNC(C)C1(Cc2c(Cl)cccc2Cl)CC1. The number of benzene rings is 1. The van der Waals surface area contributed by atoms with Crippen molar-refractivity contribution in [3.63, 3.8) is 0 Å². The average molecular weight is 272 g/mol. The van der Waals surface area contributed by atoms with Gasteiger partial charge in [-0.3, -0.25) is 0 Å². The molecule has 0 spiro atoms. The Labute approximate surface area is 114 Å². The molecule has 2 rings (SSSR count). The first-order valence-electron chi connectivity index (χ1n) is 6.25. The van der Waals surface area contributed by atoms with Crippen LogP contribution in [0, 0.1) is 5.41 Å². The van der Waals surface area contributed by atoms with Crippen LogP contribution in [0.25, 0.3) is 0 Å². The van der Waals surface area contributed by atoms with Crippen molar-refractivity contribution in [2.24, 2.45) is 5.41 Å². The van der Waals surface area contributed by atoms with E-state index in [4.69, 9.17) is 23.2 Å². The summed E-state index contributed by atoms with van der Waals surface area (Å²) in [6, 6.07) is 6.29. The summed E-state index contributed by atoms with van der Waals surface area (Å²) in [5.41, 5.74) is 1.48. The van der Waals surface area contributed by atoms with Gasteiger partial charge in [0.2, 0.25) is 0 Å². The van der Waals surface area contributed by atoms with Crippen LogP contribution in [0.4, 0.5) is 0 Å². The molecule has 1 N–H and O–H groups in total. The second-order valence-corrected chi connectivity index (χ2v) is 5.83. The van der Waals surface area contributed by atoms with E-state index in [0.29, 0.717) is 11.5 Å². The van der Waals surface area contributed by atoms with Crippen LogP contribution in [0.5, 0.6) is 0 Å². The lowest BCUT2D eigenvalue weighted by Gasteiger charge is -2.25. The lowest BCUT2D eigenvalue weighted by molar-refractivity contribution is 0.356. The highest BCUT2D eigenvalue weighted by Crippen LogP contribution is 2.52. The van der Waals surface area contributed by atoms with Crippen molar-refractivity contribution in [2.75, 3.05) is 6.54 Å². The van der Waals surface area contributed by atoms with Crippen LogP contribution in [-0.4, -0.2) is 12.6 Å². The zero-order chi connectivity index (χ0) is 12.5. The Bertz CT molecular complexity index is 379. The van der Waals surface area contributed by atoms with Crippen LogP contribution in [0.1, 0.15) is 32.3 Å². The van der Waals surface area contributed by atoms with Crippen molar-refractivity contribution in [3.05, 3.63) is 33.8 Å². The van der Waals surface area contributed by atoms with Crippen LogP contribution in [0.15, 0.2) is 18.2 Å². The summed E-state index contributed by atoms with van der Waals surface area (Å²) in [7, 11) is 0. The first-order chi connectivity index (χ1) is 8.09. The van der Waals surface area contributed by atoms with Gasteiger partial charge in [-0.2, -0.15) is 0 Å². The topological polar surface area (TPSA) is 12.0 Å². The molecule has 1 saturated carbocycles. The molecule has 0 amide bonds. The van der Waals surface area contributed by atoms with Gasteiger partial charge < -0.3 is 5.32 Å². The molecule has 1 aromatic carbocycles. The van der Waals surface area contributed by atoms with Gasteiger partial charge in [-0.15, -0.1) is 0 Å². The van der Waals surface area contributed by atoms with Crippen molar-refractivity contribution in [1.29, 1.82) is 0 Å². The maximum Gasteiger partial charge on any atom is 0.0453 e. The first-order valence-corrected chi connectivity index (χ1v) is 7.01. The van der Waals surface area contributed by atoms with E-state index in [-0.39, 0.29) is 0 Å². The molecular formula is C14H19Cl2N. The van der Waals surface area contributed by atoms with Crippen molar-refractivity contribution in [2.45, 2.75) is 39.2 Å². The third-order valence-corrected chi connectivity index (χ3v) is 4.62. The maximum atomic E-state index is 6.24. The lowest BCUT2D eigenvalue weighted by atomic mass is 9.89. The van der Waals surface area contributed by atoms with E-state index >= 15 is 0 Å². The number of rotatable bonds is 5. The fourth-order valence-corrected chi connectivity index (χ4v) is 3.03. The monoisotopic (exact) mass is 271 g/mol. The predicted molar refractivity (Wildman–Crippen MR) is 75.0 cm³/mol. The van der Waals surface area contributed by atoms with E-state index in [1.54, 1.807) is 0 Å². The Hall–Kier alpha value is -0.240. The second-order valence-electron chi connectivity index (χ2n) is 5.02. The zero-order valence-corrected chi connectivity index (χ0v) is 11.9. The predicted octanol–water partition coefficient (Wildman–Crippen LogP) is 4.31. The maximum absolute atomic E-state index is 6.24. The minimum Gasteiger partial charge on any atom is -0.314 e. The summed E-state index contributed by atoms with van der Waals surface area (Å²) < 4.78 is 0. The summed E-state index contributed by atoms with van der Waals surface area (Å²) in [5.74, 6) is 0. The minimum atomic E-state index is 0.366. The summed E-state index contributed by atoms with van der Waals surface area (Å²) in [4.78, 5) is 0. The molecule has 3 heteroatoms. The molecular weight excluding hydrogens is 253 g/mol. The molecule has 0 bridgehead atoms. The van der Waals surface area contributed by atoms with Crippen LogP contribution >= 0.6 is 23.2 Å². The molecule has 1 unspecified atom stereocenters. The van der Waals surface area contributed by atoms with Gasteiger partial charge in [0.15, 0.2) is 0 Å². The molecule has 0 radical (unpaired) electrons. The summed E-state index contributed by atoms with van der Waals surface area (Å²) in [6.45, 7) is 5.43. The van der Waals surface area contributed by atoms with E-state index in [1.165, 1.54) is 12.8 Å². The molecule has 1 aliphatic rings. The van der Waals surface area contributed by atoms with E-state index in [9.17, 15) is 0 Å². The van der Waals surface area contributed by atoms with Gasteiger partial charge in [0.25, 0.3) is 0 Å². The molecule has 1 nitrogen and oxygen atoms in total. The van der Waals surface area contributed by atoms with Gasteiger partial charge in [-0.1, -0.05) is 36.2 Å². The van der Waals surface area contributed by atoms with Gasteiger partial charge in [0.1, 0.15) is 0 Å². The van der Waals surface area contributed by atoms with Crippen LogP contribution < -0.4 is 5.32 Å². The quantitative estimate of drug-likeness (QED) is 0.842. The summed E-state index contributed by atoms with van der Waals surface area (Å²) in [6.07, 6.45) is 3.52. The highest BCUT2D eigenvalue weighted by atomic mass is 35.5. The van der Waals surface area contributed by atoms with E-state index in [2.05, 4.69) is 19.2 Å². The molecule has 17 heavy (non-hydrogen) atoms. The Morgan fingerprint density at radius 2 is 1.88 bits per heavy atom. The lowest BCUT2D eigenvalue weighted by Crippen LogP contribution is -2.36. The van der Waals surface area contributed by atoms with Crippen LogP contribution in [0.3, 0.4) is 0 Å². The number of hydrogen-bond acceptors (Lipinski definition) is 1. The van der Waals surface area contributed by atoms with Gasteiger partial charge in [0, 0.05) is 16.1 Å². The van der Waals surface area contributed by atoms with E-state index in [0.717, 1.165) is 28.6 Å². The molecule has 1 aliphatic carbocycles. The third-order valence-electron chi connectivity index (χ3n) is 3.91. The average Bonchev–Trinajstić information content (AvgIpc) is 3.05. The molecule has 0 saturated heterocycles. The molecule has 0 aliphatic heterocycles. The van der Waals surface area contributed by atoms with E-state index < -0.39 is 0 Å². The van der Waals surface area contributed by atoms with Crippen molar-refractivity contribution < 1.29 is 0 Å². The fraction of sp³-hybridized carbons (Fsp3) is 0.571. The normalized spacial score (nSPS) is 19.1. The number of nitrogens with one attached hydrogen (secondary N) is 1. The first kappa shape index (κ1) is 13.2. The van der Waals surface area contributed by atoms with E-state index in [1.807, 2.05) is 18.2 Å². The summed E-state index contributed by atoms with van der Waals surface area (Å²) in [5, 5.41) is 5.12. The van der Waals surface area contributed by atoms with Crippen LogP contribution in [-0.2, 0) is 6.42 Å². The Morgan fingerprint density at radius 3 is 2.35 bits per heavy atom. The smallest absolute Gasteiger partial charge is 0.0453 e. The van der Waals surface area contributed by atoms with Crippen molar-refractivity contribution in [1.82, 2.24) is 5.32 Å². The standard InChI is InChI=1S/C14H19Cl2N/c1-3-17-10(2)14(7-8-14)9-11-12(15)5-4-6-13(11)16/h4-6,10,17H,3,7-9H2,1-2H3.